The minimum absolute atomic E-state index is 0.0374. The fourth-order valence-electron chi connectivity index (χ4n) is 2.01. The van der Waals surface area contributed by atoms with Crippen LogP contribution in [0.1, 0.15) is 41.5 Å². The molecular formula is C21H26BrN3O6. The number of nitro benzene ring substituents is 1. The monoisotopic (exact) mass is 495 g/mol. The van der Waals surface area contributed by atoms with E-state index >= 15 is 0 Å². The van der Waals surface area contributed by atoms with Gasteiger partial charge >= 0.3 is 12.2 Å². The molecule has 0 aliphatic carbocycles. The van der Waals surface area contributed by atoms with Crippen LogP contribution in [0.3, 0.4) is 0 Å². The van der Waals surface area contributed by atoms with Gasteiger partial charge in [0, 0.05) is 29.0 Å². The lowest BCUT2D eigenvalue weighted by Crippen LogP contribution is -2.43. The summed E-state index contributed by atoms with van der Waals surface area (Å²) < 4.78 is 10.8. The molecular weight excluding hydrogens is 470 g/mol. The van der Waals surface area contributed by atoms with Crippen molar-refractivity contribution in [2.75, 3.05) is 4.90 Å². The number of non-ortho nitro benzene ring substituents is 1. The number of imide groups is 1. The van der Waals surface area contributed by atoms with Gasteiger partial charge in [-0.3, -0.25) is 15.1 Å². The molecule has 0 spiro atoms. The number of hydrogen-bond acceptors (Lipinski definition) is 7. The molecule has 9 nitrogen and oxygen atoms in total. The normalized spacial score (nSPS) is 10.9. The SMILES string of the molecule is CC(C)(C)OC(=O)N(C(=O)OC(C)(C)C)c1cc(Br)cc([N+](=O)[O-])c1.c1ccncc1. The van der Waals surface area contributed by atoms with Crippen LogP contribution < -0.4 is 4.90 Å². The predicted octanol–water partition coefficient (Wildman–Crippen LogP) is 6.12. The third-order valence-corrected chi connectivity index (χ3v) is 3.51. The van der Waals surface area contributed by atoms with Crippen LogP contribution >= 0.6 is 15.9 Å². The maximum absolute atomic E-state index is 12.5. The lowest BCUT2D eigenvalue weighted by Gasteiger charge is -2.28. The van der Waals surface area contributed by atoms with E-state index in [0.29, 0.717) is 9.37 Å². The number of nitro groups is 1. The number of halogens is 1. The molecule has 0 radical (unpaired) electrons. The molecule has 0 atom stereocenters. The first-order valence-electron chi connectivity index (χ1n) is 9.26. The number of carbonyl (C=O) groups excluding carboxylic acids is 2. The Morgan fingerprint density at radius 2 is 1.42 bits per heavy atom. The smallest absolute Gasteiger partial charge is 0.424 e. The maximum Gasteiger partial charge on any atom is 0.424 e. The van der Waals surface area contributed by atoms with Crippen LogP contribution in [0.5, 0.6) is 0 Å². The van der Waals surface area contributed by atoms with Crippen LogP contribution in [0.25, 0.3) is 0 Å². The summed E-state index contributed by atoms with van der Waals surface area (Å²) in [4.78, 5) is 39.8. The van der Waals surface area contributed by atoms with Crippen molar-refractivity contribution in [3.63, 3.8) is 0 Å². The molecule has 0 saturated heterocycles. The molecule has 0 unspecified atom stereocenters. The first kappa shape index (κ1) is 26.0. The number of ether oxygens (including phenoxy) is 2. The van der Waals surface area contributed by atoms with Gasteiger partial charge in [0.15, 0.2) is 0 Å². The topological polar surface area (TPSA) is 112 Å². The van der Waals surface area contributed by atoms with Gasteiger partial charge in [-0.1, -0.05) is 22.0 Å². The Kier molecular flexibility index (Phi) is 9.11. The van der Waals surface area contributed by atoms with Gasteiger partial charge < -0.3 is 9.47 Å². The highest BCUT2D eigenvalue weighted by Crippen LogP contribution is 2.29. The van der Waals surface area contributed by atoms with E-state index in [0.717, 1.165) is 6.07 Å². The van der Waals surface area contributed by atoms with Gasteiger partial charge in [-0.25, -0.2) is 9.59 Å². The number of nitrogens with zero attached hydrogens (tertiary/aromatic N) is 3. The highest BCUT2D eigenvalue weighted by Gasteiger charge is 2.33. The molecule has 2 rings (SSSR count). The highest BCUT2D eigenvalue weighted by atomic mass is 79.9. The first-order valence-corrected chi connectivity index (χ1v) is 10.0. The number of hydrogen-bond donors (Lipinski definition) is 0. The Labute approximate surface area is 189 Å². The third kappa shape index (κ3) is 10.0. The summed E-state index contributed by atoms with van der Waals surface area (Å²) in [5, 5.41) is 11.1. The van der Waals surface area contributed by atoms with E-state index in [2.05, 4.69) is 20.9 Å². The average molecular weight is 496 g/mol. The Balaban J connectivity index is 0.000000683. The van der Waals surface area contributed by atoms with Gasteiger partial charge in [0.05, 0.1) is 10.6 Å². The average Bonchev–Trinajstić information content (AvgIpc) is 2.60. The van der Waals surface area contributed by atoms with Crippen LogP contribution in [0.15, 0.2) is 53.3 Å². The molecule has 2 aromatic rings. The van der Waals surface area contributed by atoms with Crippen molar-refractivity contribution >= 4 is 39.5 Å². The largest absolute Gasteiger partial charge is 0.443 e. The Morgan fingerprint density at radius 3 is 1.74 bits per heavy atom. The molecule has 2 amide bonds. The van der Waals surface area contributed by atoms with Gasteiger partial charge in [0.1, 0.15) is 11.2 Å². The van der Waals surface area contributed by atoms with Crippen LogP contribution in [0.4, 0.5) is 21.0 Å². The summed E-state index contributed by atoms with van der Waals surface area (Å²) in [6, 6.07) is 9.46. The third-order valence-electron chi connectivity index (χ3n) is 3.05. The van der Waals surface area contributed by atoms with Crippen molar-refractivity contribution in [1.82, 2.24) is 4.98 Å². The van der Waals surface area contributed by atoms with E-state index in [9.17, 15) is 19.7 Å². The van der Waals surface area contributed by atoms with Crippen molar-refractivity contribution in [2.24, 2.45) is 0 Å². The number of pyridine rings is 1. The van der Waals surface area contributed by atoms with E-state index in [-0.39, 0.29) is 11.4 Å². The second-order valence-corrected chi connectivity index (χ2v) is 9.16. The minimum Gasteiger partial charge on any atom is -0.443 e. The van der Waals surface area contributed by atoms with E-state index in [1.165, 1.54) is 12.1 Å². The van der Waals surface area contributed by atoms with E-state index in [4.69, 9.17) is 9.47 Å². The summed E-state index contributed by atoms with van der Waals surface area (Å²) >= 11 is 3.14. The van der Waals surface area contributed by atoms with Crippen molar-refractivity contribution in [3.05, 3.63) is 63.4 Å². The summed E-state index contributed by atoms with van der Waals surface area (Å²) in [5.41, 5.74) is -2.06. The van der Waals surface area contributed by atoms with E-state index in [1.807, 2.05) is 18.2 Å². The summed E-state index contributed by atoms with van der Waals surface area (Å²) in [5.74, 6) is 0. The molecule has 1 heterocycles. The second-order valence-electron chi connectivity index (χ2n) is 8.25. The molecule has 1 aromatic heterocycles. The Bertz CT molecular complexity index is 853. The summed E-state index contributed by atoms with van der Waals surface area (Å²) in [7, 11) is 0. The van der Waals surface area contributed by atoms with Gasteiger partial charge in [0.2, 0.25) is 0 Å². The number of rotatable bonds is 2. The molecule has 0 N–H and O–H groups in total. The predicted molar refractivity (Wildman–Crippen MR) is 120 cm³/mol. The Morgan fingerprint density at radius 1 is 0.935 bits per heavy atom. The van der Waals surface area contributed by atoms with Crippen molar-refractivity contribution in [3.8, 4) is 0 Å². The van der Waals surface area contributed by atoms with E-state index in [1.54, 1.807) is 53.9 Å². The molecule has 1 aromatic carbocycles. The Hall–Kier alpha value is -3.01. The van der Waals surface area contributed by atoms with Crippen molar-refractivity contribution < 1.29 is 24.0 Å². The van der Waals surface area contributed by atoms with Crippen molar-refractivity contribution in [2.45, 2.75) is 52.7 Å². The quantitative estimate of drug-likeness (QED) is 0.364. The fraction of sp³-hybridized carbons (Fsp3) is 0.381. The first-order chi connectivity index (χ1) is 14.2. The number of benzene rings is 1. The molecule has 0 saturated carbocycles. The lowest BCUT2D eigenvalue weighted by molar-refractivity contribution is -0.384. The zero-order valence-electron chi connectivity index (χ0n) is 18.3. The molecule has 0 fully saturated rings. The van der Waals surface area contributed by atoms with E-state index < -0.39 is 28.3 Å². The van der Waals surface area contributed by atoms with Crippen molar-refractivity contribution in [1.29, 1.82) is 0 Å². The number of carbonyl (C=O) groups is 2. The minimum atomic E-state index is -0.992. The van der Waals surface area contributed by atoms with Gasteiger partial charge in [0.25, 0.3) is 5.69 Å². The van der Waals surface area contributed by atoms with Gasteiger partial charge in [-0.15, -0.1) is 0 Å². The van der Waals surface area contributed by atoms with Crippen LogP contribution in [0.2, 0.25) is 0 Å². The zero-order valence-corrected chi connectivity index (χ0v) is 19.9. The van der Waals surface area contributed by atoms with Crippen LogP contribution in [0, 0.1) is 10.1 Å². The molecule has 0 aliphatic rings. The molecule has 10 heteroatoms. The number of anilines is 1. The standard InChI is InChI=1S/C16H21BrN2O6.C5H5N/c1-15(2,3)24-13(20)18(14(21)25-16(4,5)6)11-7-10(17)8-12(9-11)19(22)23;1-2-4-6-5-3-1/h7-9H,1-6H3;1-5H. The second kappa shape index (κ2) is 10.9. The van der Waals surface area contributed by atoms with Crippen LogP contribution in [-0.4, -0.2) is 33.3 Å². The highest BCUT2D eigenvalue weighted by molar-refractivity contribution is 9.10. The zero-order chi connectivity index (χ0) is 23.8. The van der Waals surface area contributed by atoms with Crippen LogP contribution in [-0.2, 0) is 9.47 Å². The summed E-state index contributed by atoms with van der Waals surface area (Å²) in [6.07, 6.45) is 1.52. The van der Waals surface area contributed by atoms with Gasteiger partial charge in [-0.2, -0.15) is 4.90 Å². The molecule has 0 aliphatic heterocycles. The number of amides is 2. The van der Waals surface area contributed by atoms with Gasteiger partial charge in [-0.05, 0) is 59.7 Å². The lowest BCUT2D eigenvalue weighted by atomic mass is 10.2. The fourth-order valence-corrected chi connectivity index (χ4v) is 2.48. The maximum atomic E-state index is 12.5. The molecule has 168 valence electrons. The number of aromatic nitrogens is 1. The molecule has 0 bridgehead atoms. The molecule has 31 heavy (non-hydrogen) atoms. The summed E-state index contributed by atoms with van der Waals surface area (Å²) in [6.45, 7) is 9.84.